The molecule has 0 aliphatic carbocycles. The lowest BCUT2D eigenvalue weighted by atomic mass is 10.1. The Bertz CT molecular complexity index is 812. The summed E-state index contributed by atoms with van der Waals surface area (Å²) in [5.74, 6) is -0.272. The lowest BCUT2D eigenvalue weighted by molar-refractivity contribution is 0.102. The molecular weight excluding hydrogens is 312 g/mol. The molecule has 1 amide bonds. The van der Waals surface area contributed by atoms with Gasteiger partial charge in [0.05, 0.1) is 4.90 Å². The molecule has 122 valence electrons. The van der Waals surface area contributed by atoms with Gasteiger partial charge in [0.15, 0.2) is 0 Å². The lowest BCUT2D eigenvalue weighted by Gasteiger charge is -2.11. The first-order chi connectivity index (χ1) is 10.8. The Morgan fingerprint density at radius 2 is 1.70 bits per heavy atom. The number of nitrogens with one attached hydrogen (secondary N) is 2. The molecule has 2 aromatic carbocycles. The highest BCUT2D eigenvalue weighted by Crippen LogP contribution is 2.19. The van der Waals surface area contributed by atoms with Crippen LogP contribution in [0.4, 0.5) is 5.69 Å². The zero-order valence-electron chi connectivity index (χ0n) is 13.4. The number of rotatable bonds is 5. The Balaban J connectivity index is 2.19. The van der Waals surface area contributed by atoms with E-state index in [1.165, 1.54) is 24.3 Å². The van der Waals surface area contributed by atoms with Crippen LogP contribution >= 0.6 is 0 Å². The number of anilines is 1. The summed E-state index contributed by atoms with van der Waals surface area (Å²) in [5.41, 5.74) is 3.25. The van der Waals surface area contributed by atoms with E-state index >= 15 is 0 Å². The maximum Gasteiger partial charge on any atom is 0.255 e. The maximum absolute atomic E-state index is 12.3. The highest BCUT2D eigenvalue weighted by Gasteiger charge is 2.14. The van der Waals surface area contributed by atoms with Gasteiger partial charge in [-0.15, -0.1) is 0 Å². The second-order valence-electron chi connectivity index (χ2n) is 5.23. The van der Waals surface area contributed by atoms with Gasteiger partial charge in [0, 0.05) is 17.8 Å². The van der Waals surface area contributed by atoms with Gasteiger partial charge in [0.2, 0.25) is 10.0 Å². The van der Waals surface area contributed by atoms with Crippen LogP contribution in [-0.4, -0.2) is 20.9 Å². The third kappa shape index (κ3) is 3.97. The molecule has 6 heteroatoms. The van der Waals surface area contributed by atoms with Gasteiger partial charge in [0.25, 0.3) is 5.91 Å². The Labute approximate surface area is 136 Å². The molecule has 23 heavy (non-hydrogen) atoms. The van der Waals surface area contributed by atoms with Crippen LogP contribution in [0.5, 0.6) is 0 Å². The van der Waals surface area contributed by atoms with Crippen LogP contribution in [-0.2, 0) is 10.0 Å². The van der Waals surface area contributed by atoms with Crippen molar-refractivity contribution < 1.29 is 13.2 Å². The van der Waals surface area contributed by atoms with Crippen molar-refractivity contribution in [2.75, 3.05) is 11.9 Å². The molecule has 0 bridgehead atoms. The molecule has 0 heterocycles. The third-order valence-electron chi connectivity index (χ3n) is 3.61. The number of carbonyl (C=O) groups excluding carboxylic acids is 1. The van der Waals surface area contributed by atoms with Crippen LogP contribution in [0.3, 0.4) is 0 Å². The molecule has 0 fully saturated rings. The van der Waals surface area contributed by atoms with Crippen molar-refractivity contribution in [3.05, 3.63) is 59.2 Å². The van der Waals surface area contributed by atoms with E-state index in [4.69, 9.17) is 0 Å². The molecule has 2 N–H and O–H groups in total. The Morgan fingerprint density at radius 1 is 1.04 bits per heavy atom. The molecule has 0 atom stereocenters. The van der Waals surface area contributed by atoms with Crippen molar-refractivity contribution in [1.29, 1.82) is 0 Å². The molecular formula is C17H20N2O3S. The monoisotopic (exact) mass is 332 g/mol. The molecule has 0 radical (unpaired) electrons. The van der Waals surface area contributed by atoms with Crippen molar-refractivity contribution in [3.63, 3.8) is 0 Å². The molecule has 2 aromatic rings. The van der Waals surface area contributed by atoms with Crippen LogP contribution < -0.4 is 10.0 Å². The first-order valence-corrected chi connectivity index (χ1v) is 8.80. The van der Waals surface area contributed by atoms with E-state index in [0.717, 1.165) is 16.8 Å². The summed E-state index contributed by atoms with van der Waals surface area (Å²) in [6, 6.07) is 11.6. The lowest BCUT2D eigenvalue weighted by Crippen LogP contribution is -2.23. The summed E-state index contributed by atoms with van der Waals surface area (Å²) in [5, 5.41) is 2.85. The Morgan fingerprint density at radius 3 is 2.30 bits per heavy atom. The van der Waals surface area contributed by atoms with Gasteiger partial charge in [-0.05, 0) is 55.3 Å². The topological polar surface area (TPSA) is 75.3 Å². The molecule has 0 aliphatic rings. The number of hydrogen-bond acceptors (Lipinski definition) is 3. The van der Waals surface area contributed by atoms with Gasteiger partial charge in [-0.3, -0.25) is 4.79 Å². The molecule has 0 saturated heterocycles. The molecule has 0 aromatic heterocycles. The van der Waals surface area contributed by atoms with Crippen LogP contribution in [0, 0.1) is 13.8 Å². The van der Waals surface area contributed by atoms with Gasteiger partial charge in [-0.1, -0.05) is 19.1 Å². The summed E-state index contributed by atoms with van der Waals surface area (Å²) in [4.78, 5) is 12.4. The maximum atomic E-state index is 12.3. The minimum Gasteiger partial charge on any atom is -0.322 e. The largest absolute Gasteiger partial charge is 0.322 e. The smallest absolute Gasteiger partial charge is 0.255 e. The summed E-state index contributed by atoms with van der Waals surface area (Å²) in [6.45, 7) is 5.95. The number of carbonyl (C=O) groups is 1. The van der Waals surface area contributed by atoms with Crippen molar-refractivity contribution >= 4 is 21.6 Å². The van der Waals surface area contributed by atoms with Crippen LogP contribution in [0.25, 0.3) is 0 Å². The highest BCUT2D eigenvalue weighted by atomic mass is 32.2. The van der Waals surface area contributed by atoms with Gasteiger partial charge < -0.3 is 5.32 Å². The summed E-state index contributed by atoms with van der Waals surface area (Å²) in [7, 11) is -3.51. The standard InChI is InChI=1S/C17H20N2O3S/c1-4-18-23(21,22)15-10-8-14(9-11-15)17(20)19-16-7-5-6-12(2)13(16)3/h5-11,18H,4H2,1-3H3,(H,19,20). The fraction of sp³-hybridized carbons (Fsp3) is 0.235. The van der Waals surface area contributed by atoms with Crippen molar-refractivity contribution in [2.45, 2.75) is 25.7 Å². The van der Waals surface area contributed by atoms with E-state index in [2.05, 4.69) is 10.0 Å². The average molecular weight is 332 g/mol. The fourth-order valence-electron chi connectivity index (χ4n) is 2.14. The van der Waals surface area contributed by atoms with E-state index in [1.807, 2.05) is 32.0 Å². The van der Waals surface area contributed by atoms with E-state index in [9.17, 15) is 13.2 Å². The van der Waals surface area contributed by atoms with Gasteiger partial charge in [-0.25, -0.2) is 13.1 Å². The van der Waals surface area contributed by atoms with Crippen molar-refractivity contribution in [2.24, 2.45) is 0 Å². The first-order valence-electron chi connectivity index (χ1n) is 7.32. The fourth-order valence-corrected chi connectivity index (χ4v) is 3.18. The molecule has 2 rings (SSSR count). The SMILES string of the molecule is CCNS(=O)(=O)c1ccc(C(=O)Nc2cccc(C)c2C)cc1. The second-order valence-corrected chi connectivity index (χ2v) is 6.99. The summed E-state index contributed by atoms with van der Waals surface area (Å²) in [6.07, 6.45) is 0. The van der Waals surface area contributed by atoms with Crippen LogP contribution in [0.2, 0.25) is 0 Å². The van der Waals surface area contributed by atoms with Crippen LogP contribution in [0.15, 0.2) is 47.4 Å². The van der Waals surface area contributed by atoms with Crippen LogP contribution in [0.1, 0.15) is 28.4 Å². The minimum absolute atomic E-state index is 0.141. The molecule has 0 spiro atoms. The second kappa shape index (κ2) is 6.93. The zero-order chi connectivity index (χ0) is 17.0. The third-order valence-corrected chi connectivity index (χ3v) is 5.18. The van der Waals surface area contributed by atoms with Crippen molar-refractivity contribution in [1.82, 2.24) is 4.72 Å². The molecule has 0 unspecified atom stereocenters. The van der Waals surface area contributed by atoms with E-state index in [1.54, 1.807) is 6.92 Å². The Hall–Kier alpha value is -2.18. The summed E-state index contributed by atoms with van der Waals surface area (Å²) < 4.78 is 26.2. The molecule has 0 aliphatic heterocycles. The normalized spacial score (nSPS) is 11.3. The number of amides is 1. The number of sulfonamides is 1. The predicted molar refractivity (Wildman–Crippen MR) is 91.2 cm³/mol. The quantitative estimate of drug-likeness (QED) is 0.884. The minimum atomic E-state index is -3.51. The van der Waals surface area contributed by atoms with E-state index in [0.29, 0.717) is 12.1 Å². The first kappa shape index (κ1) is 17.2. The van der Waals surface area contributed by atoms with Gasteiger partial charge in [-0.2, -0.15) is 0 Å². The summed E-state index contributed by atoms with van der Waals surface area (Å²) >= 11 is 0. The average Bonchev–Trinajstić information content (AvgIpc) is 2.52. The predicted octanol–water partition coefficient (Wildman–Crippen LogP) is 2.85. The Kier molecular flexibility index (Phi) is 5.18. The van der Waals surface area contributed by atoms with E-state index < -0.39 is 10.0 Å². The zero-order valence-corrected chi connectivity index (χ0v) is 14.2. The number of benzene rings is 2. The van der Waals surface area contributed by atoms with Crippen molar-refractivity contribution in [3.8, 4) is 0 Å². The molecule has 0 saturated carbocycles. The highest BCUT2D eigenvalue weighted by molar-refractivity contribution is 7.89. The molecule has 5 nitrogen and oxygen atoms in total. The van der Waals surface area contributed by atoms with Gasteiger partial charge >= 0.3 is 0 Å². The number of hydrogen-bond donors (Lipinski definition) is 2. The van der Waals surface area contributed by atoms with E-state index in [-0.39, 0.29) is 10.8 Å². The van der Waals surface area contributed by atoms with Gasteiger partial charge in [0.1, 0.15) is 0 Å². The number of aryl methyl sites for hydroxylation is 1.